The van der Waals surface area contributed by atoms with Crippen LogP contribution in [0.2, 0.25) is 0 Å². The van der Waals surface area contributed by atoms with E-state index in [4.69, 9.17) is 4.74 Å². The van der Waals surface area contributed by atoms with E-state index >= 15 is 0 Å². The van der Waals surface area contributed by atoms with Crippen LogP contribution in [-0.4, -0.2) is 52.7 Å². The number of nitrogens with zero attached hydrogens (tertiary/aromatic N) is 1. The van der Waals surface area contributed by atoms with Crippen molar-refractivity contribution in [2.75, 3.05) is 39.4 Å². The number of sulfonamides is 1. The normalized spacial score (nSPS) is 17.5. The summed E-state index contributed by atoms with van der Waals surface area (Å²) >= 11 is 3.27. The Hall–Kier alpha value is -0.470. The first kappa shape index (κ1) is 14.9. The van der Waals surface area contributed by atoms with E-state index in [-0.39, 0.29) is 4.90 Å². The predicted octanol–water partition coefficient (Wildman–Crippen LogP) is 1.06. The van der Waals surface area contributed by atoms with Gasteiger partial charge in [-0.2, -0.15) is 0 Å². The van der Waals surface area contributed by atoms with E-state index in [0.29, 0.717) is 13.1 Å². The summed E-state index contributed by atoms with van der Waals surface area (Å²) < 4.78 is 32.7. The van der Waals surface area contributed by atoms with Crippen LogP contribution in [0.15, 0.2) is 33.6 Å². The molecule has 1 fully saturated rings. The quantitative estimate of drug-likeness (QED) is 0.864. The molecule has 0 atom stereocenters. The predicted molar refractivity (Wildman–Crippen MR) is 76.6 cm³/mol. The van der Waals surface area contributed by atoms with Gasteiger partial charge in [-0.25, -0.2) is 13.1 Å². The molecule has 0 saturated carbocycles. The Kier molecular flexibility index (Phi) is 5.35. The maximum atomic E-state index is 12.1. The molecule has 0 spiro atoms. The molecule has 1 aromatic rings. The van der Waals surface area contributed by atoms with Gasteiger partial charge in [0.2, 0.25) is 10.0 Å². The fourth-order valence-corrected chi connectivity index (χ4v) is 3.50. The number of halogens is 1. The Bertz CT molecular complexity index is 515. The molecular weight excluding hydrogens is 332 g/mol. The van der Waals surface area contributed by atoms with Crippen molar-refractivity contribution in [3.8, 4) is 0 Å². The number of morpholine rings is 1. The van der Waals surface area contributed by atoms with Crippen molar-refractivity contribution in [2.45, 2.75) is 4.90 Å². The molecule has 106 valence electrons. The lowest BCUT2D eigenvalue weighted by Gasteiger charge is -2.26. The Morgan fingerprint density at radius 1 is 1.32 bits per heavy atom. The molecule has 19 heavy (non-hydrogen) atoms. The molecule has 7 heteroatoms. The van der Waals surface area contributed by atoms with Gasteiger partial charge in [0.25, 0.3) is 0 Å². The number of benzene rings is 1. The first-order chi connectivity index (χ1) is 9.08. The zero-order valence-corrected chi connectivity index (χ0v) is 12.9. The molecule has 1 N–H and O–H groups in total. The highest BCUT2D eigenvalue weighted by molar-refractivity contribution is 9.10. The highest BCUT2D eigenvalue weighted by atomic mass is 79.9. The van der Waals surface area contributed by atoms with Gasteiger partial charge >= 0.3 is 0 Å². The Balaban J connectivity index is 1.87. The SMILES string of the molecule is O=S(=O)(NCCN1CCOCC1)c1cccc(Br)c1. The van der Waals surface area contributed by atoms with Crippen molar-refractivity contribution in [3.63, 3.8) is 0 Å². The van der Waals surface area contributed by atoms with Crippen LogP contribution in [0.4, 0.5) is 0 Å². The van der Waals surface area contributed by atoms with Crippen molar-refractivity contribution >= 4 is 26.0 Å². The van der Waals surface area contributed by atoms with Crippen LogP contribution >= 0.6 is 15.9 Å². The molecule has 0 bridgehead atoms. The van der Waals surface area contributed by atoms with E-state index < -0.39 is 10.0 Å². The van der Waals surface area contributed by atoms with Gasteiger partial charge in [0.1, 0.15) is 0 Å². The van der Waals surface area contributed by atoms with E-state index in [1.54, 1.807) is 24.3 Å². The highest BCUT2D eigenvalue weighted by Crippen LogP contribution is 2.15. The number of rotatable bonds is 5. The van der Waals surface area contributed by atoms with Crippen LogP contribution in [0.25, 0.3) is 0 Å². The standard InChI is InChI=1S/C12H17BrN2O3S/c13-11-2-1-3-12(10-11)19(16,17)14-4-5-15-6-8-18-9-7-15/h1-3,10,14H,4-9H2. The number of nitrogens with one attached hydrogen (secondary N) is 1. The molecule has 0 radical (unpaired) electrons. The average molecular weight is 349 g/mol. The summed E-state index contributed by atoms with van der Waals surface area (Å²) in [7, 11) is -3.42. The topological polar surface area (TPSA) is 58.6 Å². The summed E-state index contributed by atoms with van der Waals surface area (Å²) in [5, 5.41) is 0. The molecule has 1 aliphatic rings. The van der Waals surface area contributed by atoms with Gasteiger partial charge in [-0.3, -0.25) is 4.90 Å². The smallest absolute Gasteiger partial charge is 0.240 e. The van der Waals surface area contributed by atoms with Crippen LogP contribution in [-0.2, 0) is 14.8 Å². The van der Waals surface area contributed by atoms with Crippen molar-refractivity contribution < 1.29 is 13.2 Å². The number of ether oxygens (including phenoxy) is 1. The second-order valence-electron chi connectivity index (χ2n) is 4.31. The second kappa shape index (κ2) is 6.81. The molecule has 1 saturated heterocycles. The minimum Gasteiger partial charge on any atom is -0.379 e. The molecule has 0 aromatic heterocycles. The van der Waals surface area contributed by atoms with Gasteiger partial charge in [0, 0.05) is 30.7 Å². The molecule has 5 nitrogen and oxygen atoms in total. The van der Waals surface area contributed by atoms with E-state index in [1.165, 1.54) is 0 Å². The summed E-state index contributed by atoms with van der Waals surface area (Å²) in [6.07, 6.45) is 0. The first-order valence-electron chi connectivity index (χ1n) is 6.13. The zero-order valence-electron chi connectivity index (χ0n) is 10.5. The zero-order chi connectivity index (χ0) is 13.7. The van der Waals surface area contributed by atoms with E-state index in [2.05, 4.69) is 25.6 Å². The van der Waals surface area contributed by atoms with Crippen molar-refractivity contribution in [1.29, 1.82) is 0 Å². The highest BCUT2D eigenvalue weighted by Gasteiger charge is 2.15. The summed E-state index contributed by atoms with van der Waals surface area (Å²) in [5.74, 6) is 0. The summed E-state index contributed by atoms with van der Waals surface area (Å²) in [6, 6.07) is 6.69. The number of hydrogen-bond acceptors (Lipinski definition) is 4. The fourth-order valence-electron chi connectivity index (χ4n) is 1.88. The molecule has 1 aliphatic heterocycles. The van der Waals surface area contributed by atoms with Crippen LogP contribution in [0, 0.1) is 0 Å². The second-order valence-corrected chi connectivity index (χ2v) is 6.99. The molecule has 0 aliphatic carbocycles. The van der Waals surface area contributed by atoms with E-state index in [9.17, 15) is 8.42 Å². The number of hydrogen-bond donors (Lipinski definition) is 1. The fraction of sp³-hybridized carbons (Fsp3) is 0.500. The van der Waals surface area contributed by atoms with Crippen LogP contribution in [0.5, 0.6) is 0 Å². The van der Waals surface area contributed by atoms with Gasteiger partial charge < -0.3 is 4.74 Å². The third-order valence-corrected chi connectivity index (χ3v) is 4.88. The maximum absolute atomic E-state index is 12.1. The van der Waals surface area contributed by atoms with Crippen molar-refractivity contribution in [3.05, 3.63) is 28.7 Å². The Morgan fingerprint density at radius 3 is 2.74 bits per heavy atom. The molecule has 1 heterocycles. The first-order valence-corrected chi connectivity index (χ1v) is 8.41. The van der Waals surface area contributed by atoms with Gasteiger partial charge in [-0.05, 0) is 18.2 Å². The van der Waals surface area contributed by atoms with Crippen molar-refractivity contribution in [2.24, 2.45) is 0 Å². The Labute approximate surface area is 122 Å². The minimum absolute atomic E-state index is 0.281. The van der Waals surface area contributed by atoms with Crippen LogP contribution in [0.1, 0.15) is 0 Å². The lowest BCUT2D eigenvalue weighted by atomic mass is 10.4. The lowest BCUT2D eigenvalue weighted by molar-refractivity contribution is 0.0390. The summed E-state index contributed by atoms with van der Waals surface area (Å²) in [6.45, 7) is 4.28. The maximum Gasteiger partial charge on any atom is 0.240 e. The molecular formula is C12H17BrN2O3S. The Morgan fingerprint density at radius 2 is 2.05 bits per heavy atom. The molecule has 2 rings (SSSR count). The van der Waals surface area contributed by atoms with Gasteiger partial charge in [-0.1, -0.05) is 22.0 Å². The van der Waals surface area contributed by atoms with Gasteiger partial charge in [0.05, 0.1) is 18.1 Å². The third-order valence-electron chi connectivity index (χ3n) is 2.93. The van der Waals surface area contributed by atoms with Crippen LogP contribution < -0.4 is 4.72 Å². The van der Waals surface area contributed by atoms with Gasteiger partial charge in [-0.15, -0.1) is 0 Å². The minimum atomic E-state index is -3.42. The molecule has 0 unspecified atom stereocenters. The summed E-state index contributed by atoms with van der Waals surface area (Å²) in [5.41, 5.74) is 0. The third kappa shape index (κ3) is 4.54. The summed E-state index contributed by atoms with van der Waals surface area (Å²) in [4.78, 5) is 2.47. The largest absolute Gasteiger partial charge is 0.379 e. The van der Waals surface area contributed by atoms with E-state index in [1.807, 2.05) is 0 Å². The monoisotopic (exact) mass is 348 g/mol. The average Bonchev–Trinajstić information content (AvgIpc) is 2.40. The molecule has 1 aromatic carbocycles. The van der Waals surface area contributed by atoms with E-state index in [0.717, 1.165) is 30.8 Å². The molecule has 0 amide bonds. The van der Waals surface area contributed by atoms with Crippen LogP contribution in [0.3, 0.4) is 0 Å². The van der Waals surface area contributed by atoms with Gasteiger partial charge in [0.15, 0.2) is 0 Å². The van der Waals surface area contributed by atoms with Crippen molar-refractivity contribution in [1.82, 2.24) is 9.62 Å². The lowest BCUT2D eigenvalue weighted by Crippen LogP contribution is -2.41.